The van der Waals surface area contributed by atoms with Crippen LogP contribution in [0.1, 0.15) is 0 Å². The van der Waals surface area contributed by atoms with E-state index < -0.39 is 30.8 Å². The summed E-state index contributed by atoms with van der Waals surface area (Å²) in [7, 11) is 0. The molecule has 0 spiro atoms. The highest BCUT2D eigenvalue weighted by atomic mass is 19.4. The van der Waals surface area contributed by atoms with E-state index in [4.69, 9.17) is 5.11 Å². The Kier molecular flexibility index (Phi) is 3.64. The van der Waals surface area contributed by atoms with Gasteiger partial charge in [0.2, 0.25) is 6.17 Å². The summed E-state index contributed by atoms with van der Waals surface area (Å²) in [6, 6.07) is 0. The summed E-state index contributed by atoms with van der Waals surface area (Å²) in [6.45, 7) is -1.20. The van der Waals surface area contributed by atoms with Gasteiger partial charge in [-0.2, -0.15) is 13.2 Å². The Morgan fingerprint density at radius 3 is 2.15 bits per heavy atom. The molecular formula is C5H5F4NO3. The molecule has 2 N–H and O–H groups in total. The fraction of sp³-hybridized carbons (Fsp3) is 0.600. The molecule has 8 heteroatoms. The monoisotopic (exact) mass is 203 g/mol. The van der Waals surface area contributed by atoms with Crippen molar-refractivity contribution in [1.29, 1.82) is 0 Å². The number of aliphatic carboxylic acids is 1. The molecule has 0 radical (unpaired) electrons. The molecule has 0 unspecified atom stereocenters. The molecule has 0 saturated heterocycles. The SMILES string of the molecule is O=C(O)[C@@H](F)CNC(=O)C(F)(F)F. The van der Waals surface area contributed by atoms with Gasteiger partial charge >= 0.3 is 18.1 Å². The maximum Gasteiger partial charge on any atom is 0.471 e. The number of halogens is 4. The lowest BCUT2D eigenvalue weighted by atomic mass is 10.4. The number of hydrogen-bond donors (Lipinski definition) is 2. The molecule has 0 heterocycles. The number of rotatable bonds is 3. The molecule has 0 aliphatic heterocycles. The molecular weight excluding hydrogens is 198 g/mol. The lowest BCUT2D eigenvalue weighted by molar-refractivity contribution is -0.174. The zero-order valence-electron chi connectivity index (χ0n) is 6.06. The third-order valence-electron chi connectivity index (χ3n) is 0.967. The third-order valence-corrected chi connectivity index (χ3v) is 0.967. The highest BCUT2D eigenvalue weighted by Gasteiger charge is 2.38. The predicted octanol–water partition coefficient (Wildman–Crippen LogP) is 0.0876. The van der Waals surface area contributed by atoms with Crippen LogP contribution in [-0.4, -0.2) is 35.9 Å². The van der Waals surface area contributed by atoms with Crippen molar-refractivity contribution in [3.05, 3.63) is 0 Å². The molecule has 13 heavy (non-hydrogen) atoms. The van der Waals surface area contributed by atoms with E-state index in [1.165, 1.54) is 0 Å². The summed E-state index contributed by atoms with van der Waals surface area (Å²) >= 11 is 0. The second kappa shape index (κ2) is 4.06. The molecule has 0 bridgehead atoms. The van der Waals surface area contributed by atoms with Crippen LogP contribution in [0, 0.1) is 0 Å². The Hall–Kier alpha value is -1.34. The van der Waals surface area contributed by atoms with Crippen molar-refractivity contribution in [2.24, 2.45) is 0 Å². The fourth-order valence-electron chi connectivity index (χ4n) is 0.370. The molecule has 0 aromatic carbocycles. The van der Waals surface area contributed by atoms with E-state index in [-0.39, 0.29) is 0 Å². The van der Waals surface area contributed by atoms with Crippen LogP contribution in [-0.2, 0) is 9.59 Å². The maximum atomic E-state index is 12.1. The first kappa shape index (κ1) is 11.7. The zero-order valence-corrected chi connectivity index (χ0v) is 6.06. The first-order chi connectivity index (χ1) is 5.75. The molecule has 0 aromatic rings. The van der Waals surface area contributed by atoms with Gasteiger partial charge in [-0.25, -0.2) is 9.18 Å². The van der Waals surface area contributed by atoms with E-state index in [1.807, 2.05) is 0 Å². The number of amides is 1. The lowest BCUT2D eigenvalue weighted by Crippen LogP contribution is -2.41. The quantitative estimate of drug-likeness (QED) is 0.638. The Balaban J connectivity index is 3.91. The topological polar surface area (TPSA) is 66.4 Å². The largest absolute Gasteiger partial charge is 0.479 e. The van der Waals surface area contributed by atoms with Crippen LogP contribution in [0.5, 0.6) is 0 Å². The minimum absolute atomic E-state index is 1.08. The van der Waals surface area contributed by atoms with Crippen molar-refractivity contribution < 1.29 is 32.3 Å². The van der Waals surface area contributed by atoms with Crippen molar-refractivity contribution in [3.8, 4) is 0 Å². The summed E-state index contributed by atoms with van der Waals surface area (Å²) in [5.74, 6) is -4.29. The molecule has 0 aliphatic carbocycles. The van der Waals surface area contributed by atoms with Crippen LogP contribution in [0.25, 0.3) is 0 Å². The van der Waals surface area contributed by atoms with Crippen LogP contribution in [0.3, 0.4) is 0 Å². The smallest absolute Gasteiger partial charge is 0.471 e. The van der Waals surface area contributed by atoms with Gasteiger partial charge in [-0.1, -0.05) is 0 Å². The first-order valence-corrected chi connectivity index (χ1v) is 2.97. The standard InChI is InChI=1S/C5H5F4NO3/c6-2(3(11)12)1-10-4(13)5(7,8)9/h2H,1H2,(H,10,13)(H,11,12)/t2-/m0/s1. The summed E-state index contributed by atoms with van der Waals surface area (Å²) in [4.78, 5) is 19.7. The number of carboxylic acids is 1. The van der Waals surface area contributed by atoms with Gasteiger partial charge in [-0.05, 0) is 0 Å². The van der Waals surface area contributed by atoms with E-state index >= 15 is 0 Å². The van der Waals surface area contributed by atoms with Gasteiger partial charge in [0.15, 0.2) is 0 Å². The van der Waals surface area contributed by atoms with Crippen molar-refractivity contribution in [3.63, 3.8) is 0 Å². The second-order valence-electron chi connectivity index (χ2n) is 2.01. The third kappa shape index (κ3) is 4.28. The van der Waals surface area contributed by atoms with E-state index in [0.717, 1.165) is 5.32 Å². The van der Waals surface area contributed by atoms with Crippen LogP contribution in [0.4, 0.5) is 17.6 Å². The number of alkyl halides is 4. The molecule has 1 atom stereocenters. The molecule has 0 saturated carbocycles. The van der Waals surface area contributed by atoms with Gasteiger partial charge in [0.05, 0.1) is 6.54 Å². The van der Waals surface area contributed by atoms with Gasteiger partial charge in [0, 0.05) is 0 Å². The predicted molar refractivity (Wildman–Crippen MR) is 31.6 cm³/mol. The average Bonchev–Trinajstić information content (AvgIpc) is 1.97. The van der Waals surface area contributed by atoms with Crippen molar-refractivity contribution >= 4 is 11.9 Å². The maximum absolute atomic E-state index is 12.1. The summed E-state index contributed by atoms with van der Waals surface area (Å²) in [5, 5.41) is 8.97. The van der Waals surface area contributed by atoms with Gasteiger partial charge in [-0.15, -0.1) is 0 Å². The van der Waals surface area contributed by atoms with E-state index in [1.54, 1.807) is 0 Å². The van der Waals surface area contributed by atoms with Gasteiger partial charge < -0.3 is 10.4 Å². The summed E-state index contributed by atoms with van der Waals surface area (Å²) in [5.41, 5.74) is 0. The molecule has 0 aliphatic rings. The van der Waals surface area contributed by atoms with E-state index in [9.17, 15) is 27.2 Å². The lowest BCUT2D eigenvalue weighted by Gasteiger charge is -2.07. The molecule has 0 fully saturated rings. The van der Waals surface area contributed by atoms with Crippen molar-refractivity contribution in [2.75, 3.05) is 6.54 Å². The highest BCUT2D eigenvalue weighted by Crippen LogP contribution is 2.13. The molecule has 4 nitrogen and oxygen atoms in total. The highest BCUT2D eigenvalue weighted by molar-refractivity contribution is 5.82. The summed E-state index contributed by atoms with van der Waals surface area (Å²) < 4.78 is 46.3. The summed E-state index contributed by atoms with van der Waals surface area (Å²) in [6.07, 6.45) is -7.66. The van der Waals surface area contributed by atoms with E-state index in [0.29, 0.717) is 0 Å². The number of hydrogen-bond acceptors (Lipinski definition) is 2. The number of carbonyl (C=O) groups excluding carboxylic acids is 1. The Labute approximate surface area is 69.5 Å². The van der Waals surface area contributed by atoms with E-state index in [2.05, 4.69) is 0 Å². The minimum Gasteiger partial charge on any atom is -0.479 e. The van der Waals surface area contributed by atoms with Crippen molar-refractivity contribution in [2.45, 2.75) is 12.3 Å². The normalized spacial score (nSPS) is 13.5. The Morgan fingerprint density at radius 1 is 1.38 bits per heavy atom. The average molecular weight is 203 g/mol. The number of carbonyl (C=O) groups is 2. The Morgan fingerprint density at radius 2 is 1.85 bits per heavy atom. The van der Waals surface area contributed by atoms with Gasteiger partial charge in [-0.3, -0.25) is 4.79 Å². The van der Waals surface area contributed by atoms with Crippen LogP contribution in [0.15, 0.2) is 0 Å². The van der Waals surface area contributed by atoms with Crippen LogP contribution < -0.4 is 5.32 Å². The zero-order chi connectivity index (χ0) is 10.6. The van der Waals surface area contributed by atoms with Crippen molar-refractivity contribution in [1.82, 2.24) is 5.32 Å². The minimum atomic E-state index is -5.13. The molecule has 1 amide bonds. The van der Waals surface area contributed by atoms with Gasteiger partial charge in [0.25, 0.3) is 0 Å². The van der Waals surface area contributed by atoms with Crippen LogP contribution >= 0.6 is 0 Å². The van der Waals surface area contributed by atoms with Gasteiger partial charge in [0.1, 0.15) is 0 Å². The number of carboxylic acid groups (broad SMARTS) is 1. The molecule has 0 aromatic heterocycles. The molecule has 76 valence electrons. The molecule has 0 rings (SSSR count). The van der Waals surface area contributed by atoms with Crippen LogP contribution in [0.2, 0.25) is 0 Å². The fourth-order valence-corrected chi connectivity index (χ4v) is 0.370. The number of nitrogens with one attached hydrogen (secondary N) is 1. The second-order valence-corrected chi connectivity index (χ2v) is 2.01. The first-order valence-electron chi connectivity index (χ1n) is 2.97. The Bertz CT molecular complexity index is 214.